The molecule has 0 fully saturated rings. The van der Waals surface area contributed by atoms with E-state index in [2.05, 4.69) is 11.1 Å². The van der Waals surface area contributed by atoms with Crippen molar-refractivity contribution in [2.45, 2.75) is 20.0 Å². The molecule has 1 unspecified atom stereocenters. The molecule has 2 heteroatoms. The van der Waals surface area contributed by atoms with Gasteiger partial charge in [-0.2, -0.15) is 0 Å². The molecule has 0 radical (unpaired) electrons. The molecule has 1 aromatic heterocycles. The van der Waals surface area contributed by atoms with E-state index in [1.165, 1.54) is 0 Å². The van der Waals surface area contributed by atoms with Crippen LogP contribution >= 0.6 is 0 Å². The highest BCUT2D eigenvalue weighted by Gasteiger charge is 2.14. The van der Waals surface area contributed by atoms with Crippen molar-refractivity contribution in [3.63, 3.8) is 0 Å². The number of aliphatic hydroxyl groups excluding tert-OH is 1. The van der Waals surface area contributed by atoms with Crippen molar-refractivity contribution in [1.29, 1.82) is 0 Å². The number of aliphatic hydroxyl groups is 1. The molecular formula is C18H17NO. The van der Waals surface area contributed by atoms with Gasteiger partial charge >= 0.3 is 0 Å². The third-order valence-electron chi connectivity index (χ3n) is 3.57. The van der Waals surface area contributed by atoms with Crippen LogP contribution in [0.3, 0.4) is 0 Å². The zero-order chi connectivity index (χ0) is 14.1. The van der Waals surface area contributed by atoms with E-state index in [0.717, 1.165) is 33.0 Å². The molecule has 1 atom stereocenters. The van der Waals surface area contributed by atoms with Crippen LogP contribution in [-0.2, 0) is 0 Å². The summed E-state index contributed by atoms with van der Waals surface area (Å²) in [6.07, 6.45) is 2.97. The first kappa shape index (κ1) is 12.8. The van der Waals surface area contributed by atoms with Gasteiger partial charge in [0.2, 0.25) is 0 Å². The van der Waals surface area contributed by atoms with E-state index in [0.29, 0.717) is 0 Å². The van der Waals surface area contributed by atoms with E-state index >= 15 is 0 Å². The molecule has 100 valence electrons. The number of fused-ring (bicyclic) bond motifs is 1. The largest absolute Gasteiger partial charge is 0.384 e. The Bertz CT molecular complexity index is 739. The predicted molar refractivity (Wildman–Crippen MR) is 81.7 cm³/mol. The van der Waals surface area contributed by atoms with Crippen LogP contribution in [0, 0.1) is 13.8 Å². The summed E-state index contributed by atoms with van der Waals surface area (Å²) in [4.78, 5) is 4.17. The van der Waals surface area contributed by atoms with Crippen LogP contribution in [0.5, 0.6) is 0 Å². The van der Waals surface area contributed by atoms with E-state index in [1.807, 2.05) is 56.4 Å². The molecule has 0 saturated carbocycles. The molecule has 0 aliphatic rings. The summed E-state index contributed by atoms with van der Waals surface area (Å²) in [5.74, 6) is 0. The fourth-order valence-corrected chi connectivity index (χ4v) is 2.72. The molecule has 20 heavy (non-hydrogen) atoms. The van der Waals surface area contributed by atoms with Gasteiger partial charge in [-0.05, 0) is 36.4 Å². The summed E-state index contributed by atoms with van der Waals surface area (Å²) in [5, 5.41) is 12.8. The van der Waals surface area contributed by atoms with Gasteiger partial charge in [-0.1, -0.05) is 47.5 Å². The molecule has 2 nitrogen and oxygen atoms in total. The van der Waals surface area contributed by atoms with Crippen molar-refractivity contribution in [3.05, 3.63) is 77.1 Å². The molecule has 0 aliphatic carbocycles. The number of hydrogen-bond donors (Lipinski definition) is 1. The molecule has 0 saturated heterocycles. The molecular weight excluding hydrogens is 246 g/mol. The van der Waals surface area contributed by atoms with Crippen LogP contribution in [-0.4, -0.2) is 10.1 Å². The summed E-state index contributed by atoms with van der Waals surface area (Å²) < 4.78 is 0. The maximum absolute atomic E-state index is 10.7. The minimum absolute atomic E-state index is 0.624. The van der Waals surface area contributed by atoms with Gasteiger partial charge in [0, 0.05) is 17.8 Å². The van der Waals surface area contributed by atoms with Gasteiger partial charge < -0.3 is 5.11 Å². The molecule has 3 rings (SSSR count). The summed E-state index contributed by atoms with van der Waals surface area (Å²) in [6, 6.07) is 14.1. The van der Waals surface area contributed by atoms with Crippen LogP contribution in [0.1, 0.15) is 28.4 Å². The highest BCUT2D eigenvalue weighted by atomic mass is 16.3. The predicted octanol–water partition coefficient (Wildman–Crippen LogP) is 3.93. The first-order valence-electron chi connectivity index (χ1n) is 6.74. The zero-order valence-electron chi connectivity index (χ0n) is 11.7. The van der Waals surface area contributed by atoms with Crippen molar-refractivity contribution in [2.24, 2.45) is 0 Å². The lowest BCUT2D eigenvalue weighted by molar-refractivity contribution is 0.221. The second kappa shape index (κ2) is 5.06. The van der Waals surface area contributed by atoms with Crippen molar-refractivity contribution in [2.75, 3.05) is 0 Å². The zero-order valence-corrected chi connectivity index (χ0v) is 11.7. The monoisotopic (exact) mass is 263 g/mol. The van der Waals surface area contributed by atoms with E-state index < -0.39 is 6.10 Å². The van der Waals surface area contributed by atoms with Crippen molar-refractivity contribution >= 4 is 10.8 Å². The molecule has 0 spiro atoms. The highest BCUT2D eigenvalue weighted by molar-refractivity contribution is 5.85. The van der Waals surface area contributed by atoms with Gasteiger partial charge in [0.1, 0.15) is 6.10 Å². The summed E-state index contributed by atoms with van der Waals surface area (Å²) in [5.41, 5.74) is 4.16. The Morgan fingerprint density at radius 1 is 1.00 bits per heavy atom. The Morgan fingerprint density at radius 3 is 2.50 bits per heavy atom. The smallest absolute Gasteiger partial charge is 0.105 e. The normalized spacial score (nSPS) is 12.6. The van der Waals surface area contributed by atoms with Crippen LogP contribution in [0.2, 0.25) is 0 Å². The minimum atomic E-state index is -0.624. The van der Waals surface area contributed by atoms with Gasteiger partial charge in [0.25, 0.3) is 0 Å². The van der Waals surface area contributed by atoms with E-state index in [1.54, 1.807) is 6.20 Å². The number of rotatable bonds is 2. The molecule has 0 aliphatic heterocycles. The Balaban J connectivity index is 2.15. The van der Waals surface area contributed by atoms with Crippen LogP contribution in [0.4, 0.5) is 0 Å². The topological polar surface area (TPSA) is 33.1 Å². The minimum Gasteiger partial charge on any atom is -0.384 e. The van der Waals surface area contributed by atoms with Crippen LogP contribution in [0.15, 0.2) is 54.9 Å². The van der Waals surface area contributed by atoms with Gasteiger partial charge in [-0.15, -0.1) is 0 Å². The van der Waals surface area contributed by atoms with E-state index in [-0.39, 0.29) is 0 Å². The maximum atomic E-state index is 10.7. The lowest BCUT2D eigenvalue weighted by Crippen LogP contribution is -2.01. The quantitative estimate of drug-likeness (QED) is 0.760. The lowest BCUT2D eigenvalue weighted by Gasteiger charge is -2.15. The second-order valence-corrected chi connectivity index (χ2v) is 5.27. The van der Waals surface area contributed by atoms with Gasteiger partial charge in [0.05, 0.1) is 0 Å². The van der Waals surface area contributed by atoms with Crippen molar-refractivity contribution in [3.8, 4) is 0 Å². The molecule has 2 aromatic carbocycles. The van der Waals surface area contributed by atoms with Crippen LogP contribution < -0.4 is 0 Å². The van der Waals surface area contributed by atoms with Gasteiger partial charge in [0.15, 0.2) is 0 Å². The van der Waals surface area contributed by atoms with E-state index in [9.17, 15) is 5.11 Å². The number of benzene rings is 2. The second-order valence-electron chi connectivity index (χ2n) is 5.27. The Morgan fingerprint density at radius 2 is 1.75 bits per heavy atom. The Labute approximate surface area is 118 Å². The Kier molecular flexibility index (Phi) is 3.25. The lowest BCUT2D eigenvalue weighted by atomic mass is 9.95. The Hall–Kier alpha value is -2.19. The first-order chi connectivity index (χ1) is 9.65. The molecule has 3 aromatic rings. The molecule has 0 amide bonds. The number of aromatic nitrogens is 1. The van der Waals surface area contributed by atoms with Gasteiger partial charge in [-0.3, -0.25) is 4.98 Å². The SMILES string of the molecule is Cc1cc(C)cc(C(O)c2cccc3ccncc23)c1. The van der Waals surface area contributed by atoms with Crippen molar-refractivity contribution in [1.82, 2.24) is 4.98 Å². The third-order valence-corrected chi connectivity index (χ3v) is 3.57. The molecule has 1 heterocycles. The summed E-state index contributed by atoms with van der Waals surface area (Å²) in [6.45, 7) is 4.10. The van der Waals surface area contributed by atoms with E-state index in [4.69, 9.17) is 0 Å². The number of pyridine rings is 1. The van der Waals surface area contributed by atoms with Crippen molar-refractivity contribution < 1.29 is 5.11 Å². The number of nitrogens with zero attached hydrogens (tertiary/aromatic N) is 1. The standard InChI is InChI=1S/C18H17NO/c1-12-8-13(2)10-15(9-12)18(20)16-5-3-4-14-6-7-19-11-17(14)16/h3-11,18,20H,1-2H3. The average Bonchev–Trinajstić information content (AvgIpc) is 2.45. The maximum Gasteiger partial charge on any atom is 0.105 e. The first-order valence-corrected chi connectivity index (χ1v) is 6.74. The van der Waals surface area contributed by atoms with Crippen LogP contribution in [0.25, 0.3) is 10.8 Å². The fraction of sp³-hybridized carbons (Fsp3) is 0.167. The molecule has 1 N–H and O–H groups in total. The fourth-order valence-electron chi connectivity index (χ4n) is 2.72. The highest BCUT2D eigenvalue weighted by Crippen LogP contribution is 2.29. The number of hydrogen-bond acceptors (Lipinski definition) is 2. The number of aryl methyl sites for hydroxylation is 2. The van der Waals surface area contributed by atoms with Gasteiger partial charge in [-0.25, -0.2) is 0 Å². The molecule has 0 bridgehead atoms. The average molecular weight is 263 g/mol. The third kappa shape index (κ3) is 2.30. The summed E-state index contributed by atoms with van der Waals surface area (Å²) in [7, 11) is 0. The summed E-state index contributed by atoms with van der Waals surface area (Å²) >= 11 is 0.